The molecule has 0 aliphatic heterocycles. The molecule has 74 valence electrons. The van der Waals surface area contributed by atoms with Gasteiger partial charge in [0, 0.05) is 12.1 Å². The highest BCUT2D eigenvalue weighted by atomic mass is 16.1. The quantitative estimate of drug-likeness (QED) is 0.675. The van der Waals surface area contributed by atoms with Crippen molar-refractivity contribution in [2.75, 3.05) is 0 Å². The van der Waals surface area contributed by atoms with Crippen molar-refractivity contribution in [3.63, 3.8) is 0 Å². The summed E-state index contributed by atoms with van der Waals surface area (Å²) in [6, 6.07) is 15.3. The normalized spacial score (nSPS) is 9.87. The number of nitrogens with zero attached hydrogens (tertiary/aromatic N) is 1. The van der Waals surface area contributed by atoms with Crippen LogP contribution >= 0.6 is 0 Å². The van der Waals surface area contributed by atoms with Crippen molar-refractivity contribution < 1.29 is 9.36 Å². The lowest BCUT2D eigenvalue weighted by molar-refractivity contribution is -0.574. The van der Waals surface area contributed by atoms with Gasteiger partial charge < -0.3 is 0 Å². The standard InChI is InChI=1S/C13H12NO/c15-13(14-9-5-2-6-10-14)11-12-7-3-1-4-8-12/h1-10H,11H2/q+1. The van der Waals surface area contributed by atoms with Crippen LogP contribution in [-0.2, 0) is 6.42 Å². The highest BCUT2D eigenvalue weighted by Crippen LogP contribution is 1.99. The van der Waals surface area contributed by atoms with Crippen molar-refractivity contribution >= 4 is 5.91 Å². The largest absolute Gasteiger partial charge is 0.396 e. The third kappa shape index (κ3) is 2.50. The van der Waals surface area contributed by atoms with Gasteiger partial charge in [-0.2, -0.15) is 0 Å². The minimum Gasteiger partial charge on any atom is -0.219 e. The van der Waals surface area contributed by atoms with Crippen molar-refractivity contribution in [2.45, 2.75) is 6.42 Å². The van der Waals surface area contributed by atoms with E-state index in [1.165, 1.54) is 0 Å². The summed E-state index contributed by atoms with van der Waals surface area (Å²) in [7, 11) is 0. The first kappa shape index (κ1) is 9.59. The Morgan fingerprint density at radius 3 is 2.20 bits per heavy atom. The fourth-order valence-electron chi connectivity index (χ4n) is 1.43. The number of hydrogen-bond donors (Lipinski definition) is 0. The minimum absolute atomic E-state index is 0.0850. The van der Waals surface area contributed by atoms with Crippen LogP contribution < -0.4 is 4.57 Å². The van der Waals surface area contributed by atoms with E-state index in [4.69, 9.17) is 0 Å². The first-order valence-electron chi connectivity index (χ1n) is 4.90. The first-order valence-corrected chi connectivity index (χ1v) is 4.90. The summed E-state index contributed by atoms with van der Waals surface area (Å²) >= 11 is 0. The molecule has 0 aliphatic carbocycles. The molecule has 0 saturated carbocycles. The molecule has 0 aliphatic rings. The second-order valence-electron chi connectivity index (χ2n) is 3.34. The fourth-order valence-corrected chi connectivity index (χ4v) is 1.43. The molecule has 0 spiro atoms. The number of rotatable bonds is 2. The molecule has 1 heterocycles. The number of carbonyl (C=O) groups excluding carboxylic acids is 1. The lowest BCUT2D eigenvalue weighted by Crippen LogP contribution is -2.42. The van der Waals surface area contributed by atoms with Crippen molar-refractivity contribution in [2.24, 2.45) is 0 Å². The topological polar surface area (TPSA) is 20.9 Å². The molecule has 0 fully saturated rings. The number of pyridine rings is 1. The summed E-state index contributed by atoms with van der Waals surface area (Å²) in [6.07, 6.45) is 3.98. The highest BCUT2D eigenvalue weighted by Gasteiger charge is 2.12. The Bertz CT molecular complexity index is 437. The predicted molar refractivity (Wildman–Crippen MR) is 57.4 cm³/mol. The lowest BCUT2D eigenvalue weighted by Gasteiger charge is -1.95. The molecule has 2 heteroatoms. The van der Waals surface area contributed by atoms with Crippen molar-refractivity contribution in [1.82, 2.24) is 0 Å². The zero-order chi connectivity index (χ0) is 10.5. The molecule has 0 bridgehead atoms. The lowest BCUT2D eigenvalue weighted by atomic mass is 10.1. The molecule has 1 aromatic carbocycles. The summed E-state index contributed by atoms with van der Waals surface area (Å²) in [5.41, 5.74) is 1.04. The molecular weight excluding hydrogens is 186 g/mol. The van der Waals surface area contributed by atoms with Crippen LogP contribution in [0.2, 0.25) is 0 Å². The Morgan fingerprint density at radius 1 is 0.933 bits per heavy atom. The van der Waals surface area contributed by atoms with E-state index >= 15 is 0 Å². The zero-order valence-corrected chi connectivity index (χ0v) is 8.34. The van der Waals surface area contributed by atoms with E-state index in [-0.39, 0.29) is 5.91 Å². The summed E-state index contributed by atoms with van der Waals surface area (Å²) in [5.74, 6) is 0.0850. The van der Waals surface area contributed by atoms with Crippen LogP contribution in [0.1, 0.15) is 10.4 Å². The van der Waals surface area contributed by atoms with Gasteiger partial charge >= 0.3 is 5.91 Å². The van der Waals surface area contributed by atoms with E-state index in [2.05, 4.69) is 0 Å². The number of carbonyl (C=O) groups is 1. The van der Waals surface area contributed by atoms with Crippen molar-refractivity contribution in [3.8, 4) is 0 Å². The van der Waals surface area contributed by atoms with Crippen LogP contribution in [0.15, 0.2) is 60.9 Å². The maximum Gasteiger partial charge on any atom is 0.396 e. The van der Waals surface area contributed by atoms with E-state index < -0.39 is 0 Å². The zero-order valence-electron chi connectivity index (χ0n) is 8.34. The van der Waals surface area contributed by atoms with Gasteiger partial charge in [0.05, 0.1) is 6.42 Å². The van der Waals surface area contributed by atoms with Crippen LogP contribution in [0.4, 0.5) is 0 Å². The monoisotopic (exact) mass is 198 g/mol. The van der Waals surface area contributed by atoms with E-state index in [1.54, 1.807) is 17.0 Å². The third-order valence-corrected chi connectivity index (χ3v) is 2.20. The van der Waals surface area contributed by atoms with E-state index in [1.807, 2.05) is 48.5 Å². The van der Waals surface area contributed by atoms with Gasteiger partial charge in [-0.1, -0.05) is 36.4 Å². The average Bonchev–Trinajstić information content (AvgIpc) is 2.31. The predicted octanol–water partition coefficient (Wildman–Crippen LogP) is 1.86. The van der Waals surface area contributed by atoms with Crippen LogP contribution in [0.25, 0.3) is 0 Å². The number of aromatic nitrogens is 1. The second-order valence-corrected chi connectivity index (χ2v) is 3.34. The molecule has 1 aromatic heterocycles. The molecule has 0 amide bonds. The second kappa shape index (κ2) is 4.51. The maximum atomic E-state index is 11.8. The van der Waals surface area contributed by atoms with Crippen molar-refractivity contribution in [1.29, 1.82) is 0 Å². The van der Waals surface area contributed by atoms with Crippen molar-refractivity contribution in [3.05, 3.63) is 66.5 Å². The molecule has 2 rings (SSSR count). The third-order valence-electron chi connectivity index (χ3n) is 2.20. The van der Waals surface area contributed by atoms with Gasteiger partial charge in [0.1, 0.15) is 0 Å². The molecule has 2 aromatic rings. The fraction of sp³-hybridized carbons (Fsp3) is 0.0769. The van der Waals surface area contributed by atoms with Crippen LogP contribution in [0, 0.1) is 0 Å². The summed E-state index contributed by atoms with van der Waals surface area (Å²) in [5, 5.41) is 0. The van der Waals surface area contributed by atoms with Crippen LogP contribution in [-0.4, -0.2) is 5.91 Å². The van der Waals surface area contributed by atoms with Gasteiger partial charge in [-0.05, 0) is 5.56 Å². The maximum absolute atomic E-state index is 11.8. The van der Waals surface area contributed by atoms with Gasteiger partial charge in [-0.25, -0.2) is 4.79 Å². The Hall–Kier alpha value is -1.96. The SMILES string of the molecule is O=C(Cc1ccccc1)[n+]1ccccc1. The number of benzene rings is 1. The summed E-state index contributed by atoms with van der Waals surface area (Å²) in [4.78, 5) is 11.8. The molecule has 0 saturated heterocycles. The Labute approximate surface area is 88.8 Å². The molecular formula is C13H12NO+. The van der Waals surface area contributed by atoms with Gasteiger partial charge in [0.2, 0.25) is 0 Å². The molecule has 0 N–H and O–H groups in total. The molecule has 2 nitrogen and oxygen atoms in total. The van der Waals surface area contributed by atoms with Gasteiger partial charge in [-0.3, -0.25) is 0 Å². The van der Waals surface area contributed by atoms with Gasteiger partial charge in [-0.15, -0.1) is 4.57 Å². The highest BCUT2D eigenvalue weighted by molar-refractivity contribution is 5.69. The first-order chi connectivity index (χ1) is 7.36. The van der Waals surface area contributed by atoms with E-state index in [9.17, 15) is 4.79 Å². The minimum atomic E-state index is 0.0850. The molecule has 0 unspecified atom stereocenters. The van der Waals surface area contributed by atoms with Gasteiger partial charge in [0.25, 0.3) is 0 Å². The van der Waals surface area contributed by atoms with Crippen LogP contribution in [0.5, 0.6) is 0 Å². The molecule has 15 heavy (non-hydrogen) atoms. The molecule has 0 radical (unpaired) electrons. The molecule has 0 atom stereocenters. The summed E-state index contributed by atoms with van der Waals surface area (Å²) in [6.45, 7) is 0. The smallest absolute Gasteiger partial charge is 0.219 e. The van der Waals surface area contributed by atoms with Crippen LogP contribution in [0.3, 0.4) is 0 Å². The summed E-state index contributed by atoms with van der Waals surface area (Å²) < 4.78 is 1.60. The Kier molecular flexibility index (Phi) is 2.88. The number of hydrogen-bond acceptors (Lipinski definition) is 1. The van der Waals surface area contributed by atoms with E-state index in [0.29, 0.717) is 6.42 Å². The van der Waals surface area contributed by atoms with Gasteiger partial charge in [0.15, 0.2) is 12.4 Å². The average molecular weight is 198 g/mol. The Morgan fingerprint density at radius 2 is 1.53 bits per heavy atom. The van der Waals surface area contributed by atoms with E-state index in [0.717, 1.165) is 5.56 Å². The Balaban J connectivity index is 2.12.